The van der Waals surface area contributed by atoms with Crippen LogP contribution < -0.4 is 5.73 Å². The van der Waals surface area contributed by atoms with Crippen molar-refractivity contribution in [1.82, 2.24) is 0 Å². The van der Waals surface area contributed by atoms with Gasteiger partial charge in [-0.25, -0.2) is 0 Å². The normalized spacial score (nSPS) is 23.0. The lowest BCUT2D eigenvalue weighted by Crippen LogP contribution is -2.48. The number of nitrogens with two attached hydrogens (primary N) is 1. The number of carboxylic acids is 1. The molecule has 1 rings (SSSR count). The third-order valence-electron chi connectivity index (χ3n) is 2.79. The highest BCUT2D eigenvalue weighted by Gasteiger charge is 2.38. The lowest BCUT2D eigenvalue weighted by Gasteiger charge is -2.36. The Morgan fingerprint density at radius 2 is 2.07 bits per heavy atom. The monoisotopic (exact) mass is 203 g/mol. The van der Waals surface area contributed by atoms with Gasteiger partial charge in [-0.2, -0.15) is 0 Å². The second kappa shape index (κ2) is 4.72. The summed E-state index contributed by atoms with van der Waals surface area (Å²) in [7, 11) is 0. The molecule has 1 unspecified atom stereocenters. The number of aliphatic carboxylic acids is 1. The van der Waals surface area contributed by atoms with Crippen LogP contribution in [-0.2, 0) is 9.53 Å². The molecule has 14 heavy (non-hydrogen) atoms. The molecule has 0 aromatic carbocycles. The zero-order valence-electron chi connectivity index (χ0n) is 8.11. The maximum Gasteiger partial charge on any atom is 0.306 e. The van der Waals surface area contributed by atoms with E-state index in [4.69, 9.17) is 15.6 Å². The minimum Gasteiger partial charge on any atom is -0.481 e. The molecule has 1 aliphatic rings. The van der Waals surface area contributed by atoms with Gasteiger partial charge in [-0.15, -0.1) is 0 Å². The quantitative estimate of drug-likeness (QED) is 0.577. The summed E-state index contributed by atoms with van der Waals surface area (Å²) in [6.45, 7) is 1.14. The second-order valence-electron chi connectivity index (χ2n) is 3.76. The molecule has 5 nitrogen and oxygen atoms in total. The average molecular weight is 203 g/mol. The van der Waals surface area contributed by atoms with E-state index in [2.05, 4.69) is 0 Å². The van der Waals surface area contributed by atoms with Gasteiger partial charge in [0, 0.05) is 19.8 Å². The van der Waals surface area contributed by atoms with Crippen molar-refractivity contribution in [2.75, 3.05) is 19.8 Å². The predicted molar refractivity (Wildman–Crippen MR) is 49.8 cm³/mol. The molecule has 1 heterocycles. The molecule has 0 radical (unpaired) electrons. The molecular formula is C9H17NO4. The number of carbonyl (C=O) groups is 1. The van der Waals surface area contributed by atoms with Crippen LogP contribution in [0.25, 0.3) is 0 Å². The van der Waals surface area contributed by atoms with E-state index in [1.807, 2.05) is 0 Å². The molecule has 0 aromatic rings. The molecule has 1 fully saturated rings. The van der Waals surface area contributed by atoms with Crippen molar-refractivity contribution in [3.63, 3.8) is 0 Å². The third kappa shape index (κ3) is 2.67. The van der Waals surface area contributed by atoms with E-state index in [0.29, 0.717) is 26.1 Å². The first-order valence-electron chi connectivity index (χ1n) is 4.80. The van der Waals surface area contributed by atoms with Crippen LogP contribution in [0.2, 0.25) is 0 Å². The minimum absolute atomic E-state index is 0.00995. The number of ether oxygens (including phenoxy) is 1. The van der Waals surface area contributed by atoms with Crippen LogP contribution in [0.4, 0.5) is 0 Å². The molecule has 4 N–H and O–H groups in total. The van der Waals surface area contributed by atoms with E-state index in [1.54, 1.807) is 0 Å². The molecule has 0 saturated carbocycles. The fourth-order valence-electron chi connectivity index (χ4n) is 1.88. The fourth-order valence-corrected chi connectivity index (χ4v) is 1.88. The van der Waals surface area contributed by atoms with Crippen molar-refractivity contribution in [2.24, 2.45) is 11.7 Å². The highest BCUT2D eigenvalue weighted by molar-refractivity contribution is 5.68. The zero-order chi connectivity index (χ0) is 10.6. The topological polar surface area (TPSA) is 92.8 Å². The summed E-state index contributed by atoms with van der Waals surface area (Å²) in [5.41, 5.74) is 4.16. The average Bonchev–Trinajstić information content (AvgIpc) is 2.18. The highest BCUT2D eigenvalue weighted by Crippen LogP contribution is 2.29. The van der Waals surface area contributed by atoms with Crippen molar-refractivity contribution >= 4 is 5.97 Å². The first-order valence-corrected chi connectivity index (χ1v) is 4.80. The van der Waals surface area contributed by atoms with Crippen LogP contribution >= 0.6 is 0 Å². The molecule has 5 heteroatoms. The van der Waals surface area contributed by atoms with Crippen LogP contribution in [-0.4, -0.2) is 41.5 Å². The molecule has 0 aliphatic carbocycles. The smallest absolute Gasteiger partial charge is 0.306 e. The van der Waals surface area contributed by atoms with Crippen LogP contribution in [0.1, 0.15) is 19.3 Å². The first-order chi connectivity index (χ1) is 6.58. The third-order valence-corrected chi connectivity index (χ3v) is 2.79. The fraction of sp³-hybridized carbons (Fsp3) is 0.889. The first kappa shape index (κ1) is 11.4. The number of hydrogen-bond acceptors (Lipinski definition) is 4. The van der Waals surface area contributed by atoms with E-state index < -0.39 is 11.6 Å². The maximum atomic E-state index is 10.6. The van der Waals surface area contributed by atoms with E-state index in [-0.39, 0.29) is 18.9 Å². The van der Waals surface area contributed by atoms with Gasteiger partial charge in [-0.05, 0) is 18.8 Å². The largest absolute Gasteiger partial charge is 0.481 e. The van der Waals surface area contributed by atoms with Crippen LogP contribution in [0.3, 0.4) is 0 Å². The van der Waals surface area contributed by atoms with Crippen LogP contribution in [0, 0.1) is 5.92 Å². The Kier molecular flexibility index (Phi) is 3.86. The second-order valence-corrected chi connectivity index (χ2v) is 3.76. The van der Waals surface area contributed by atoms with Gasteiger partial charge in [0.05, 0.1) is 12.0 Å². The standard InChI is InChI=1S/C9H17NO4/c10-6-9(13,5-8(11)12)7-1-3-14-4-2-7/h7,13H,1-6,10H2,(H,11,12). The van der Waals surface area contributed by atoms with Gasteiger partial charge in [-0.3, -0.25) is 4.79 Å². The Labute approximate surface area is 82.9 Å². The molecular weight excluding hydrogens is 186 g/mol. The van der Waals surface area contributed by atoms with Gasteiger partial charge in [0.2, 0.25) is 0 Å². The summed E-state index contributed by atoms with van der Waals surface area (Å²) in [5, 5.41) is 18.7. The molecule has 0 bridgehead atoms. The Bertz CT molecular complexity index is 203. The SMILES string of the molecule is NCC(O)(CC(=O)O)C1CCOCC1. The Morgan fingerprint density at radius 3 is 2.50 bits per heavy atom. The zero-order valence-corrected chi connectivity index (χ0v) is 8.11. The van der Waals surface area contributed by atoms with Crippen molar-refractivity contribution in [2.45, 2.75) is 24.9 Å². The molecule has 1 aliphatic heterocycles. The summed E-state index contributed by atoms with van der Waals surface area (Å²) < 4.78 is 5.14. The van der Waals surface area contributed by atoms with Crippen molar-refractivity contribution in [3.05, 3.63) is 0 Å². The predicted octanol–water partition coefficient (Wildman–Crippen LogP) is -0.423. The molecule has 1 saturated heterocycles. The van der Waals surface area contributed by atoms with Crippen LogP contribution in [0.5, 0.6) is 0 Å². The van der Waals surface area contributed by atoms with Gasteiger partial charge < -0.3 is 20.7 Å². The van der Waals surface area contributed by atoms with E-state index in [1.165, 1.54) is 0 Å². The van der Waals surface area contributed by atoms with E-state index in [9.17, 15) is 9.90 Å². The molecule has 1 atom stereocenters. The summed E-state index contributed by atoms with van der Waals surface area (Å²) in [6, 6.07) is 0. The van der Waals surface area contributed by atoms with E-state index >= 15 is 0 Å². The van der Waals surface area contributed by atoms with Gasteiger partial charge in [0.25, 0.3) is 0 Å². The number of aliphatic hydroxyl groups is 1. The van der Waals surface area contributed by atoms with Gasteiger partial charge in [0.1, 0.15) is 0 Å². The summed E-state index contributed by atoms with van der Waals surface area (Å²) in [6.07, 6.45) is 1.08. The summed E-state index contributed by atoms with van der Waals surface area (Å²) in [4.78, 5) is 10.6. The Morgan fingerprint density at radius 1 is 1.50 bits per heavy atom. The summed E-state index contributed by atoms with van der Waals surface area (Å²) in [5.74, 6) is -1.07. The number of carboxylic acid groups (broad SMARTS) is 1. The lowest BCUT2D eigenvalue weighted by molar-refractivity contribution is -0.146. The van der Waals surface area contributed by atoms with Crippen molar-refractivity contribution in [1.29, 1.82) is 0 Å². The Balaban J connectivity index is 2.61. The van der Waals surface area contributed by atoms with Crippen molar-refractivity contribution in [3.8, 4) is 0 Å². The summed E-state index contributed by atoms with van der Waals surface area (Å²) >= 11 is 0. The van der Waals surface area contributed by atoms with Gasteiger partial charge in [-0.1, -0.05) is 0 Å². The van der Waals surface area contributed by atoms with E-state index in [0.717, 1.165) is 0 Å². The van der Waals surface area contributed by atoms with Gasteiger partial charge in [0.15, 0.2) is 0 Å². The molecule has 82 valence electrons. The molecule has 0 amide bonds. The van der Waals surface area contributed by atoms with Gasteiger partial charge >= 0.3 is 5.97 Å². The lowest BCUT2D eigenvalue weighted by atomic mass is 9.79. The Hall–Kier alpha value is -0.650. The van der Waals surface area contributed by atoms with Crippen LogP contribution in [0.15, 0.2) is 0 Å². The number of hydrogen-bond donors (Lipinski definition) is 3. The molecule has 0 aromatic heterocycles. The molecule has 0 spiro atoms. The van der Waals surface area contributed by atoms with Crippen molar-refractivity contribution < 1.29 is 19.7 Å². The minimum atomic E-state index is -1.27. The maximum absolute atomic E-state index is 10.6. The number of rotatable bonds is 4. The highest BCUT2D eigenvalue weighted by atomic mass is 16.5.